The summed E-state index contributed by atoms with van der Waals surface area (Å²) in [6.45, 7) is 2.53. The summed E-state index contributed by atoms with van der Waals surface area (Å²) >= 11 is 6.51. The summed E-state index contributed by atoms with van der Waals surface area (Å²) in [6.07, 6.45) is -0.482. The molecule has 3 heterocycles. The molecule has 1 fully saturated rings. The molecule has 2 atom stereocenters. The fraction of sp³-hybridized carbons (Fsp3) is 0.545. The number of nitrogens with zero attached hydrogens (tertiary/aromatic N) is 5. The Bertz CT molecular complexity index is 650. The smallest absolute Gasteiger partial charge is 0.325 e. The predicted octanol–water partition coefficient (Wildman–Crippen LogP) is 0.881. The van der Waals surface area contributed by atoms with Gasteiger partial charge in [-0.2, -0.15) is 0 Å². The second-order valence-corrected chi connectivity index (χ2v) is 8.02. The second kappa shape index (κ2) is 6.13. The number of aliphatic imine (C=N–C) groups is 1. The van der Waals surface area contributed by atoms with Crippen molar-refractivity contribution in [2.24, 2.45) is 4.99 Å². The number of rotatable bonds is 4. The van der Waals surface area contributed by atoms with E-state index in [1.165, 1.54) is 4.90 Å². The van der Waals surface area contributed by atoms with Gasteiger partial charge < -0.3 is 9.80 Å². The van der Waals surface area contributed by atoms with Gasteiger partial charge in [0.15, 0.2) is 21.3 Å². The minimum absolute atomic E-state index is 0.317. The summed E-state index contributed by atoms with van der Waals surface area (Å²) in [6, 6.07) is -0.912. The van der Waals surface area contributed by atoms with Gasteiger partial charge in [0.25, 0.3) is 5.91 Å². The number of urea groups is 1. The third-order valence-corrected chi connectivity index (χ3v) is 5.99. The molecule has 0 bridgehead atoms. The van der Waals surface area contributed by atoms with Crippen LogP contribution in [0.4, 0.5) is 4.79 Å². The molecule has 2 unspecified atom stereocenters. The van der Waals surface area contributed by atoms with Crippen molar-refractivity contribution in [2.75, 3.05) is 19.3 Å². The van der Waals surface area contributed by atoms with E-state index in [0.29, 0.717) is 11.3 Å². The molecule has 1 aromatic rings. The van der Waals surface area contributed by atoms with E-state index in [2.05, 4.69) is 36.4 Å². The monoisotopic (exact) mass is 404 g/mol. The highest BCUT2D eigenvalue weighted by Gasteiger charge is 2.47. The number of hydrogen-bond acceptors (Lipinski definition) is 8. The Kier molecular flexibility index (Phi) is 4.37. The molecule has 1 saturated heterocycles. The first kappa shape index (κ1) is 15.7. The van der Waals surface area contributed by atoms with Crippen LogP contribution in [0.25, 0.3) is 0 Å². The zero-order chi connectivity index (χ0) is 15.9. The summed E-state index contributed by atoms with van der Waals surface area (Å²) in [5, 5.41) is 11.3. The number of thioether (sulfide) groups is 1. The van der Waals surface area contributed by atoms with Gasteiger partial charge in [0.1, 0.15) is 5.01 Å². The van der Waals surface area contributed by atoms with Crippen LogP contribution in [0.2, 0.25) is 0 Å². The maximum absolute atomic E-state index is 12.1. The van der Waals surface area contributed by atoms with Gasteiger partial charge in [0.2, 0.25) is 0 Å². The maximum atomic E-state index is 12.1. The van der Waals surface area contributed by atoms with E-state index in [9.17, 15) is 9.59 Å². The molecule has 8 nitrogen and oxygen atoms in total. The first-order valence-corrected chi connectivity index (χ1v) is 9.07. The van der Waals surface area contributed by atoms with Crippen LogP contribution < -0.4 is 5.32 Å². The first-order valence-electron chi connectivity index (χ1n) is 6.48. The second-order valence-electron chi connectivity index (χ2n) is 4.79. The van der Waals surface area contributed by atoms with Crippen molar-refractivity contribution < 1.29 is 9.59 Å². The highest BCUT2D eigenvalue weighted by atomic mass is 79.9. The van der Waals surface area contributed by atoms with Crippen molar-refractivity contribution in [2.45, 2.75) is 23.5 Å². The molecule has 22 heavy (non-hydrogen) atoms. The van der Waals surface area contributed by atoms with E-state index in [1.54, 1.807) is 30.1 Å². The number of fused-ring (bicyclic) bond motifs is 1. The molecule has 11 heteroatoms. The Hall–Kier alpha value is -1.20. The molecule has 1 aromatic heterocycles. The Morgan fingerprint density at radius 2 is 2.18 bits per heavy atom. The molecule has 2 aliphatic heterocycles. The topological polar surface area (TPSA) is 90.8 Å². The average Bonchev–Trinajstić information content (AvgIpc) is 3.01. The Balaban J connectivity index is 1.65. The minimum atomic E-state index is -0.492. The normalized spacial score (nSPS) is 24.4. The molecule has 3 rings (SSSR count). The van der Waals surface area contributed by atoms with E-state index in [4.69, 9.17) is 0 Å². The van der Waals surface area contributed by atoms with Crippen LogP contribution in [0.3, 0.4) is 0 Å². The lowest BCUT2D eigenvalue weighted by Crippen LogP contribution is -2.63. The van der Waals surface area contributed by atoms with Crippen molar-refractivity contribution in [1.82, 2.24) is 25.3 Å². The van der Waals surface area contributed by atoms with Crippen molar-refractivity contribution >= 4 is 55.7 Å². The zero-order valence-electron chi connectivity index (χ0n) is 11.8. The number of aromatic nitrogens is 2. The molecule has 3 amide bonds. The van der Waals surface area contributed by atoms with Gasteiger partial charge in [0, 0.05) is 19.3 Å². The standard InChI is InChI=1S/C11H13BrN6O2S2/c1-5-15-16-11(22-5)21-4-3-18-6-7(13-9(18)12)17(2)10(20)14-8(6)19/h6-7H,3-4H2,1-2H3,(H,14,19,20). The average molecular weight is 405 g/mol. The lowest BCUT2D eigenvalue weighted by atomic mass is 10.1. The van der Waals surface area contributed by atoms with Crippen molar-refractivity contribution in [3.05, 3.63) is 5.01 Å². The van der Waals surface area contributed by atoms with E-state index >= 15 is 0 Å². The minimum Gasteiger partial charge on any atom is -0.334 e. The van der Waals surface area contributed by atoms with Crippen molar-refractivity contribution in [3.8, 4) is 0 Å². The zero-order valence-corrected chi connectivity index (χ0v) is 15.0. The van der Waals surface area contributed by atoms with Gasteiger partial charge in [-0.1, -0.05) is 23.1 Å². The lowest BCUT2D eigenvalue weighted by molar-refractivity contribution is -0.126. The van der Waals surface area contributed by atoms with Crippen LogP contribution >= 0.6 is 39.0 Å². The third kappa shape index (κ3) is 2.84. The molecule has 1 N–H and O–H groups in total. The van der Waals surface area contributed by atoms with Crippen LogP contribution in [0.1, 0.15) is 5.01 Å². The van der Waals surface area contributed by atoms with Gasteiger partial charge in [0.05, 0.1) is 0 Å². The number of halogens is 1. The Labute approximate surface area is 143 Å². The predicted molar refractivity (Wildman–Crippen MR) is 87.3 cm³/mol. The van der Waals surface area contributed by atoms with Crippen molar-refractivity contribution in [3.63, 3.8) is 0 Å². The van der Waals surface area contributed by atoms with Gasteiger partial charge in [-0.3, -0.25) is 10.1 Å². The number of hydrogen-bond donors (Lipinski definition) is 1. The quantitative estimate of drug-likeness (QED) is 0.591. The fourth-order valence-electron chi connectivity index (χ4n) is 2.29. The van der Waals surface area contributed by atoms with Crippen LogP contribution in [0, 0.1) is 6.92 Å². The van der Waals surface area contributed by atoms with E-state index in [-0.39, 0.29) is 5.91 Å². The number of likely N-dealkylation sites (N-methyl/N-ethyl adjacent to an activating group) is 1. The lowest BCUT2D eigenvalue weighted by Gasteiger charge is -2.35. The largest absolute Gasteiger partial charge is 0.334 e. The summed E-state index contributed by atoms with van der Waals surface area (Å²) in [5.74, 6) is 0.427. The molecule has 0 spiro atoms. The molecule has 118 valence electrons. The molecule has 0 aliphatic carbocycles. The summed E-state index contributed by atoms with van der Waals surface area (Å²) in [5.41, 5.74) is 0. The highest BCUT2D eigenvalue weighted by molar-refractivity contribution is 9.18. The SMILES string of the molecule is Cc1nnc(SCCN2C(Br)=NC3C2C(=O)NC(=O)N3C)s1. The van der Waals surface area contributed by atoms with Crippen LogP contribution in [-0.2, 0) is 4.79 Å². The Morgan fingerprint density at radius 3 is 2.86 bits per heavy atom. The number of aryl methyl sites for hydroxylation is 1. The summed E-state index contributed by atoms with van der Waals surface area (Å²) in [4.78, 5) is 31.4. The van der Waals surface area contributed by atoms with Gasteiger partial charge in [-0.25, -0.2) is 9.79 Å². The number of amides is 3. The number of amidine groups is 1. The summed E-state index contributed by atoms with van der Waals surface area (Å²) < 4.78 is 1.50. The van der Waals surface area contributed by atoms with Gasteiger partial charge in [-0.05, 0) is 22.9 Å². The molecule has 2 aliphatic rings. The number of imide groups is 1. The molecular weight excluding hydrogens is 392 g/mol. The number of carbonyl (C=O) groups is 2. The van der Waals surface area contributed by atoms with Crippen LogP contribution in [0.5, 0.6) is 0 Å². The molecule has 0 radical (unpaired) electrons. The fourth-order valence-corrected chi connectivity index (χ4v) is 4.72. The van der Waals surface area contributed by atoms with Gasteiger partial charge >= 0.3 is 6.03 Å². The highest BCUT2D eigenvalue weighted by Crippen LogP contribution is 2.28. The molecule has 0 saturated carbocycles. The Morgan fingerprint density at radius 1 is 1.41 bits per heavy atom. The number of nitrogens with one attached hydrogen (secondary N) is 1. The van der Waals surface area contributed by atoms with Crippen LogP contribution in [-0.4, -0.2) is 68.2 Å². The maximum Gasteiger partial charge on any atom is 0.325 e. The molecule has 0 aromatic carbocycles. The third-order valence-electron chi connectivity index (χ3n) is 3.38. The van der Waals surface area contributed by atoms with E-state index < -0.39 is 18.2 Å². The van der Waals surface area contributed by atoms with Crippen LogP contribution in [0.15, 0.2) is 9.33 Å². The number of carbonyl (C=O) groups excluding carboxylic acids is 2. The summed E-state index contributed by atoms with van der Waals surface area (Å²) in [7, 11) is 1.63. The van der Waals surface area contributed by atoms with E-state index in [1.807, 2.05) is 11.8 Å². The molecular formula is C11H13BrN6O2S2. The first-order chi connectivity index (χ1) is 10.5. The van der Waals surface area contributed by atoms with Crippen molar-refractivity contribution in [1.29, 1.82) is 0 Å². The van der Waals surface area contributed by atoms with Gasteiger partial charge in [-0.15, -0.1) is 10.2 Å². The van der Waals surface area contributed by atoms with E-state index in [0.717, 1.165) is 15.1 Å².